The Hall–Kier alpha value is -2.11. The summed E-state index contributed by atoms with van der Waals surface area (Å²) in [5, 5.41) is 8.44. The number of nitrogens with zero attached hydrogens (tertiary/aromatic N) is 1. The summed E-state index contributed by atoms with van der Waals surface area (Å²) in [6.07, 6.45) is -0.840. The fourth-order valence-electron chi connectivity index (χ4n) is 1.04. The summed E-state index contributed by atoms with van der Waals surface area (Å²) >= 11 is 0. The van der Waals surface area contributed by atoms with Crippen LogP contribution in [0.4, 0.5) is 9.18 Å². The number of carbonyl (C=O) groups excluding carboxylic acids is 1. The highest BCUT2D eigenvalue weighted by Gasteiger charge is 2.12. The van der Waals surface area contributed by atoms with Gasteiger partial charge in [0.25, 0.3) is 0 Å². The minimum absolute atomic E-state index is 0.0510. The molecular weight excluding hydrogens is 229 g/mol. The van der Waals surface area contributed by atoms with Gasteiger partial charge in [-0.05, 0) is 24.3 Å². The number of carbonyl (C=O) groups is 2. The number of amides is 1. The zero-order valence-electron chi connectivity index (χ0n) is 9.22. The molecule has 1 N–H and O–H groups in total. The predicted octanol–water partition coefficient (Wildman–Crippen LogP) is 1.73. The molecule has 0 radical (unpaired) electrons. The van der Waals surface area contributed by atoms with E-state index in [9.17, 15) is 14.0 Å². The van der Waals surface area contributed by atoms with Crippen LogP contribution in [0.15, 0.2) is 24.3 Å². The SMILES string of the molecule is CN(CCC(=O)O)C(=O)Oc1ccc(F)cc1. The van der Waals surface area contributed by atoms with Crippen molar-refractivity contribution in [2.24, 2.45) is 0 Å². The molecule has 92 valence electrons. The van der Waals surface area contributed by atoms with Crippen molar-refractivity contribution in [1.29, 1.82) is 0 Å². The Labute approximate surface area is 97.4 Å². The first-order valence-electron chi connectivity index (χ1n) is 4.89. The molecule has 0 aliphatic carbocycles. The van der Waals surface area contributed by atoms with Crippen molar-refractivity contribution in [3.8, 4) is 5.75 Å². The van der Waals surface area contributed by atoms with Gasteiger partial charge in [0.1, 0.15) is 11.6 Å². The third-order valence-electron chi connectivity index (χ3n) is 1.99. The van der Waals surface area contributed by atoms with Gasteiger partial charge in [0.15, 0.2) is 0 Å². The summed E-state index contributed by atoms with van der Waals surface area (Å²) in [4.78, 5) is 22.9. The van der Waals surface area contributed by atoms with Crippen LogP contribution in [-0.2, 0) is 4.79 Å². The van der Waals surface area contributed by atoms with E-state index in [2.05, 4.69) is 0 Å². The summed E-state index contributed by atoms with van der Waals surface area (Å²) in [6.45, 7) is 0.0510. The van der Waals surface area contributed by atoms with Crippen LogP contribution < -0.4 is 4.74 Å². The molecule has 1 amide bonds. The molecule has 6 heteroatoms. The van der Waals surface area contributed by atoms with Crippen LogP contribution in [0.25, 0.3) is 0 Å². The Morgan fingerprint density at radius 3 is 2.47 bits per heavy atom. The van der Waals surface area contributed by atoms with Crippen LogP contribution in [0, 0.1) is 5.82 Å². The highest BCUT2D eigenvalue weighted by Crippen LogP contribution is 2.12. The number of aliphatic carboxylic acids is 1. The minimum Gasteiger partial charge on any atom is -0.481 e. The van der Waals surface area contributed by atoms with Crippen molar-refractivity contribution < 1.29 is 23.8 Å². The van der Waals surface area contributed by atoms with Crippen molar-refractivity contribution in [2.75, 3.05) is 13.6 Å². The zero-order valence-corrected chi connectivity index (χ0v) is 9.22. The molecular formula is C11H12FNO4. The Bertz CT molecular complexity index is 404. The number of hydrogen-bond acceptors (Lipinski definition) is 3. The van der Waals surface area contributed by atoms with E-state index < -0.39 is 17.9 Å². The second-order valence-electron chi connectivity index (χ2n) is 3.39. The molecule has 0 aromatic heterocycles. The molecule has 5 nitrogen and oxygen atoms in total. The summed E-state index contributed by atoms with van der Waals surface area (Å²) in [6, 6.07) is 4.97. The Morgan fingerprint density at radius 1 is 1.35 bits per heavy atom. The van der Waals surface area contributed by atoms with Crippen molar-refractivity contribution in [3.63, 3.8) is 0 Å². The summed E-state index contributed by atoms with van der Waals surface area (Å²) < 4.78 is 17.5. The standard InChI is InChI=1S/C11H12FNO4/c1-13(7-6-10(14)15)11(16)17-9-4-2-8(12)3-5-9/h2-5H,6-7H2,1H3,(H,14,15). The molecule has 0 saturated carbocycles. The van der Waals surface area contributed by atoms with Gasteiger partial charge in [0, 0.05) is 13.6 Å². The van der Waals surface area contributed by atoms with E-state index >= 15 is 0 Å². The Balaban J connectivity index is 2.48. The number of rotatable bonds is 4. The third kappa shape index (κ3) is 4.50. The first kappa shape index (κ1) is 13.0. The first-order chi connectivity index (χ1) is 7.99. The highest BCUT2D eigenvalue weighted by atomic mass is 19.1. The fraction of sp³-hybridized carbons (Fsp3) is 0.273. The highest BCUT2D eigenvalue weighted by molar-refractivity contribution is 5.72. The number of carboxylic acids is 1. The van der Waals surface area contributed by atoms with E-state index in [1.165, 1.54) is 31.3 Å². The summed E-state index contributed by atoms with van der Waals surface area (Å²) in [5.41, 5.74) is 0. The minimum atomic E-state index is -0.994. The van der Waals surface area contributed by atoms with Gasteiger partial charge in [-0.1, -0.05) is 0 Å². The van der Waals surface area contributed by atoms with E-state index in [4.69, 9.17) is 9.84 Å². The molecule has 17 heavy (non-hydrogen) atoms. The molecule has 0 fully saturated rings. The second kappa shape index (κ2) is 5.83. The monoisotopic (exact) mass is 241 g/mol. The zero-order chi connectivity index (χ0) is 12.8. The number of benzene rings is 1. The van der Waals surface area contributed by atoms with E-state index in [1.807, 2.05) is 0 Å². The lowest BCUT2D eigenvalue weighted by molar-refractivity contribution is -0.137. The summed E-state index contributed by atoms with van der Waals surface area (Å²) in [5.74, 6) is -1.21. The number of ether oxygens (including phenoxy) is 1. The first-order valence-corrected chi connectivity index (χ1v) is 4.89. The van der Waals surface area contributed by atoms with Crippen LogP contribution in [0.2, 0.25) is 0 Å². The molecule has 0 heterocycles. The second-order valence-corrected chi connectivity index (χ2v) is 3.39. The van der Waals surface area contributed by atoms with Crippen LogP contribution in [0.1, 0.15) is 6.42 Å². The Morgan fingerprint density at radius 2 is 1.94 bits per heavy atom. The quantitative estimate of drug-likeness (QED) is 0.871. The van der Waals surface area contributed by atoms with Gasteiger partial charge in [-0.2, -0.15) is 0 Å². The van der Waals surface area contributed by atoms with Gasteiger partial charge >= 0.3 is 12.1 Å². The normalized spacial score (nSPS) is 9.76. The van der Waals surface area contributed by atoms with E-state index in [0.717, 1.165) is 4.90 Å². The van der Waals surface area contributed by atoms with Crippen molar-refractivity contribution >= 4 is 12.1 Å². The molecule has 0 unspecified atom stereocenters. The predicted molar refractivity (Wildman–Crippen MR) is 57.3 cm³/mol. The lowest BCUT2D eigenvalue weighted by atomic mass is 10.3. The van der Waals surface area contributed by atoms with Gasteiger partial charge < -0.3 is 14.7 Å². The smallest absolute Gasteiger partial charge is 0.414 e. The van der Waals surface area contributed by atoms with Gasteiger partial charge in [-0.15, -0.1) is 0 Å². The van der Waals surface area contributed by atoms with Gasteiger partial charge in [-0.25, -0.2) is 9.18 Å². The van der Waals surface area contributed by atoms with Crippen LogP contribution in [0.5, 0.6) is 5.75 Å². The maximum absolute atomic E-state index is 12.6. The lowest BCUT2D eigenvalue weighted by Gasteiger charge is -2.15. The van der Waals surface area contributed by atoms with Crippen LogP contribution >= 0.6 is 0 Å². The van der Waals surface area contributed by atoms with Gasteiger partial charge in [0.05, 0.1) is 6.42 Å². The average molecular weight is 241 g/mol. The number of carboxylic acid groups (broad SMARTS) is 1. The fourth-order valence-corrected chi connectivity index (χ4v) is 1.04. The maximum Gasteiger partial charge on any atom is 0.414 e. The molecule has 1 rings (SSSR count). The van der Waals surface area contributed by atoms with Crippen molar-refractivity contribution in [2.45, 2.75) is 6.42 Å². The largest absolute Gasteiger partial charge is 0.481 e. The molecule has 0 bridgehead atoms. The Kier molecular flexibility index (Phi) is 4.45. The van der Waals surface area contributed by atoms with E-state index in [0.29, 0.717) is 0 Å². The number of hydrogen-bond donors (Lipinski definition) is 1. The topological polar surface area (TPSA) is 66.8 Å². The lowest BCUT2D eigenvalue weighted by Crippen LogP contribution is -2.31. The molecule has 0 saturated heterocycles. The van der Waals surface area contributed by atoms with E-state index in [1.54, 1.807) is 0 Å². The van der Waals surface area contributed by atoms with E-state index in [-0.39, 0.29) is 18.7 Å². The molecule has 1 aromatic rings. The van der Waals surface area contributed by atoms with Crippen molar-refractivity contribution in [1.82, 2.24) is 4.90 Å². The number of halogens is 1. The molecule has 0 aliphatic heterocycles. The molecule has 0 aliphatic rings. The maximum atomic E-state index is 12.6. The van der Waals surface area contributed by atoms with Gasteiger partial charge in [0.2, 0.25) is 0 Å². The average Bonchev–Trinajstić information content (AvgIpc) is 2.28. The van der Waals surface area contributed by atoms with Crippen LogP contribution in [-0.4, -0.2) is 35.7 Å². The summed E-state index contributed by atoms with van der Waals surface area (Å²) in [7, 11) is 1.43. The van der Waals surface area contributed by atoms with Crippen LogP contribution in [0.3, 0.4) is 0 Å². The van der Waals surface area contributed by atoms with Gasteiger partial charge in [-0.3, -0.25) is 4.79 Å². The van der Waals surface area contributed by atoms with Crippen molar-refractivity contribution in [3.05, 3.63) is 30.1 Å². The third-order valence-corrected chi connectivity index (χ3v) is 1.99. The molecule has 1 aromatic carbocycles. The molecule has 0 spiro atoms. The molecule has 0 atom stereocenters.